The zero-order valence-electron chi connectivity index (χ0n) is 10.2. The van der Waals surface area contributed by atoms with E-state index in [0.717, 1.165) is 0 Å². The molecule has 0 N–H and O–H groups in total. The van der Waals surface area contributed by atoms with E-state index in [-0.39, 0.29) is 5.88 Å². The molecule has 2 rings (SSSR count). The Morgan fingerprint density at radius 1 is 1.37 bits per heavy atom. The molecular formula is C12H12Cl2FN3O. The maximum Gasteiger partial charge on any atom is 0.167 e. The summed E-state index contributed by atoms with van der Waals surface area (Å²) in [5.74, 6) is 0.746. The van der Waals surface area contributed by atoms with Crippen LogP contribution in [0.4, 0.5) is 4.39 Å². The zero-order valence-corrected chi connectivity index (χ0v) is 11.7. The lowest BCUT2D eigenvalue weighted by atomic mass is 10.2. The maximum atomic E-state index is 13.9. The van der Waals surface area contributed by atoms with Gasteiger partial charge in [-0.1, -0.05) is 11.6 Å². The van der Waals surface area contributed by atoms with Crippen molar-refractivity contribution in [2.45, 2.75) is 12.4 Å². The standard InChI is InChI=1S/C12H12Cl2FN3O/c1-19-5-4-18-11(7-13)16-17-12(18)9-3-2-8(14)6-10(9)15/h2-3,6H,4-5,7H2,1H3. The van der Waals surface area contributed by atoms with Gasteiger partial charge in [-0.2, -0.15) is 0 Å². The van der Waals surface area contributed by atoms with Crippen molar-refractivity contribution in [1.29, 1.82) is 0 Å². The van der Waals surface area contributed by atoms with Gasteiger partial charge in [0.15, 0.2) is 5.82 Å². The van der Waals surface area contributed by atoms with Gasteiger partial charge in [-0.15, -0.1) is 21.8 Å². The molecule has 0 fully saturated rings. The van der Waals surface area contributed by atoms with Gasteiger partial charge >= 0.3 is 0 Å². The molecule has 7 heteroatoms. The van der Waals surface area contributed by atoms with Crippen LogP contribution in [0.2, 0.25) is 5.02 Å². The molecule has 0 saturated heterocycles. The Hall–Kier alpha value is -1.17. The van der Waals surface area contributed by atoms with Gasteiger partial charge in [-0.3, -0.25) is 0 Å². The van der Waals surface area contributed by atoms with Crippen LogP contribution in [-0.2, 0) is 17.2 Å². The zero-order chi connectivity index (χ0) is 13.8. The molecule has 0 bridgehead atoms. The van der Waals surface area contributed by atoms with E-state index in [9.17, 15) is 4.39 Å². The van der Waals surface area contributed by atoms with Crippen molar-refractivity contribution < 1.29 is 9.13 Å². The van der Waals surface area contributed by atoms with Gasteiger partial charge in [0.25, 0.3) is 0 Å². The summed E-state index contributed by atoms with van der Waals surface area (Å²) in [6.45, 7) is 0.965. The lowest BCUT2D eigenvalue weighted by molar-refractivity contribution is 0.187. The van der Waals surface area contributed by atoms with Crippen molar-refractivity contribution in [2.24, 2.45) is 0 Å². The molecule has 0 radical (unpaired) electrons. The fourth-order valence-corrected chi connectivity index (χ4v) is 2.08. The van der Waals surface area contributed by atoms with E-state index in [2.05, 4.69) is 10.2 Å². The third-order valence-electron chi connectivity index (χ3n) is 2.64. The van der Waals surface area contributed by atoms with Gasteiger partial charge in [0.2, 0.25) is 0 Å². The second-order valence-electron chi connectivity index (χ2n) is 3.84. The van der Waals surface area contributed by atoms with Crippen molar-refractivity contribution in [1.82, 2.24) is 14.8 Å². The quantitative estimate of drug-likeness (QED) is 0.797. The Morgan fingerprint density at radius 2 is 2.16 bits per heavy atom. The lowest BCUT2D eigenvalue weighted by Crippen LogP contribution is -2.09. The third-order valence-corrected chi connectivity index (χ3v) is 3.11. The molecule has 1 heterocycles. The molecule has 0 unspecified atom stereocenters. The Labute approximate surface area is 120 Å². The average Bonchev–Trinajstić information content (AvgIpc) is 2.79. The first-order valence-corrected chi connectivity index (χ1v) is 6.51. The minimum absolute atomic E-state index is 0.200. The number of hydrogen-bond donors (Lipinski definition) is 0. The summed E-state index contributed by atoms with van der Waals surface area (Å²) in [6, 6.07) is 4.42. The topological polar surface area (TPSA) is 39.9 Å². The SMILES string of the molecule is COCCn1c(CCl)nnc1-c1ccc(Cl)cc1F. The van der Waals surface area contributed by atoms with E-state index in [1.54, 1.807) is 23.8 Å². The van der Waals surface area contributed by atoms with E-state index >= 15 is 0 Å². The molecule has 4 nitrogen and oxygen atoms in total. The molecule has 2 aromatic rings. The Kier molecular flexibility index (Phi) is 4.74. The van der Waals surface area contributed by atoms with Crippen LogP contribution in [0.15, 0.2) is 18.2 Å². The van der Waals surface area contributed by atoms with Crippen LogP contribution in [-0.4, -0.2) is 28.5 Å². The van der Waals surface area contributed by atoms with Gasteiger partial charge in [0.1, 0.15) is 11.6 Å². The summed E-state index contributed by atoms with van der Waals surface area (Å²) < 4.78 is 20.7. The van der Waals surface area contributed by atoms with E-state index in [0.29, 0.717) is 35.4 Å². The van der Waals surface area contributed by atoms with Crippen LogP contribution in [0, 0.1) is 5.82 Å². The Morgan fingerprint density at radius 3 is 2.79 bits per heavy atom. The number of alkyl halides is 1. The summed E-state index contributed by atoms with van der Waals surface area (Å²) in [7, 11) is 1.59. The van der Waals surface area contributed by atoms with E-state index in [1.165, 1.54) is 6.07 Å². The summed E-state index contributed by atoms with van der Waals surface area (Å²) >= 11 is 11.5. The number of hydrogen-bond acceptors (Lipinski definition) is 3. The highest BCUT2D eigenvalue weighted by atomic mass is 35.5. The lowest BCUT2D eigenvalue weighted by Gasteiger charge is -2.09. The molecule has 0 aliphatic heterocycles. The monoisotopic (exact) mass is 303 g/mol. The van der Waals surface area contributed by atoms with Gasteiger partial charge in [0, 0.05) is 18.7 Å². The minimum Gasteiger partial charge on any atom is -0.383 e. The predicted octanol–water partition coefficient (Wildman–Crippen LogP) is 3.12. The second-order valence-corrected chi connectivity index (χ2v) is 4.55. The molecule has 0 saturated carbocycles. The Balaban J connectivity index is 2.46. The number of nitrogens with zero attached hydrogens (tertiary/aromatic N) is 3. The molecular weight excluding hydrogens is 292 g/mol. The molecule has 0 aliphatic rings. The largest absolute Gasteiger partial charge is 0.383 e. The normalized spacial score (nSPS) is 10.9. The number of methoxy groups -OCH3 is 1. The van der Waals surface area contributed by atoms with Gasteiger partial charge in [-0.05, 0) is 18.2 Å². The number of benzene rings is 1. The third kappa shape index (κ3) is 3.05. The fraction of sp³-hybridized carbons (Fsp3) is 0.333. The number of halogens is 3. The predicted molar refractivity (Wildman–Crippen MR) is 71.9 cm³/mol. The summed E-state index contributed by atoms with van der Waals surface area (Å²) in [5.41, 5.74) is 0.337. The van der Waals surface area contributed by atoms with Crippen LogP contribution in [0.25, 0.3) is 11.4 Å². The van der Waals surface area contributed by atoms with Crippen LogP contribution in [0.3, 0.4) is 0 Å². The number of aromatic nitrogens is 3. The molecule has 0 amide bonds. The highest BCUT2D eigenvalue weighted by molar-refractivity contribution is 6.30. The number of ether oxygens (including phenoxy) is 1. The summed E-state index contributed by atoms with van der Waals surface area (Å²) in [5, 5.41) is 8.28. The summed E-state index contributed by atoms with van der Waals surface area (Å²) in [6.07, 6.45) is 0. The van der Waals surface area contributed by atoms with Gasteiger partial charge in [-0.25, -0.2) is 4.39 Å². The first kappa shape index (κ1) is 14.2. The van der Waals surface area contributed by atoms with E-state index < -0.39 is 5.82 Å². The average molecular weight is 304 g/mol. The van der Waals surface area contributed by atoms with Crippen LogP contribution in [0.1, 0.15) is 5.82 Å². The molecule has 0 atom stereocenters. The van der Waals surface area contributed by atoms with Crippen molar-refractivity contribution in [3.05, 3.63) is 34.9 Å². The molecule has 102 valence electrons. The van der Waals surface area contributed by atoms with E-state index in [1.807, 2.05) is 0 Å². The minimum atomic E-state index is -0.445. The second kappa shape index (κ2) is 6.32. The highest BCUT2D eigenvalue weighted by Gasteiger charge is 2.16. The van der Waals surface area contributed by atoms with Crippen LogP contribution in [0.5, 0.6) is 0 Å². The van der Waals surface area contributed by atoms with Crippen molar-refractivity contribution in [3.8, 4) is 11.4 Å². The van der Waals surface area contributed by atoms with Crippen LogP contribution >= 0.6 is 23.2 Å². The van der Waals surface area contributed by atoms with Crippen LogP contribution < -0.4 is 0 Å². The maximum absolute atomic E-state index is 13.9. The molecule has 19 heavy (non-hydrogen) atoms. The van der Waals surface area contributed by atoms with Crippen molar-refractivity contribution in [2.75, 3.05) is 13.7 Å². The summed E-state index contributed by atoms with van der Waals surface area (Å²) in [4.78, 5) is 0. The smallest absolute Gasteiger partial charge is 0.167 e. The molecule has 1 aromatic heterocycles. The first-order valence-electron chi connectivity index (χ1n) is 5.59. The van der Waals surface area contributed by atoms with Gasteiger partial charge in [0.05, 0.1) is 18.1 Å². The Bertz CT molecular complexity index is 574. The van der Waals surface area contributed by atoms with Crippen molar-refractivity contribution >= 4 is 23.2 Å². The fourth-order valence-electron chi connectivity index (χ4n) is 1.72. The number of rotatable bonds is 5. The molecule has 1 aromatic carbocycles. The van der Waals surface area contributed by atoms with Gasteiger partial charge < -0.3 is 9.30 Å². The van der Waals surface area contributed by atoms with E-state index in [4.69, 9.17) is 27.9 Å². The molecule has 0 aliphatic carbocycles. The highest BCUT2D eigenvalue weighted by Crippen LogP contribution is 2.25. The van der Waals surface area contributed by atoms with Crippen molar-refractivity contribution in [3.63, 3.8) is 0 Å². The molecule has 0 spiro atoms. The first-order chi connectivity index (χ1) is 9.17.